The highest BCUT2D eigenvalue weighted by atomic mass is 15.1. The van der Waals surface area contributed by atoms with E-state index in [1.165, 1.54) is 30.5 Å². The number of aryl methyl sites for hydroxylation is 1. The summed E-state index contributed by atoms with van der Waals surface area (Å²) in [5.74, 6) is 1.64. The summed E-state index contributed by atoms with van der Waals surface area (Å²) in [6, 6.07) is 0. The lowest BCUT2D eigenvalue weighted by molar-refractivity contribution is 0.305. The fraction of sp³-hybridized carbons (Fsp3) is 0.733. The minimum absolute atomic E-state index is 0.724. The number of nitrogens with zero attached hydrogens (tertiary/aromatic N) is 3. The van der Waals surface area contributed by atoms with E-state index in [4.69, 9.17) is 10.7 Å². The van der Waals surface area contributed by atoms with Crippen LogP contribution in [0.25, 0.3) is 0 Å². The molecule has 106 valence electrons. The van der Waals surface area contributed by atoms with Crippen LogP contribution < -0.4 is 5.73 Å². The van der Waals surface area contributed by atoms with Crippen molar-refractivity contribution in [3.8, 4) is 0 Å². The van der Waals surface area contributed by atoms with Crippen LogP contribution in [0.3, 0.4) is 0 Å². The molecule has 4 heteroatoms. The molecule has 0 unspecified atom stereocenters. The first-order valence-electron chi connectivity index (χ1n) is 7.61. The van der Waals surface area contributed by atoms with E-state index in [1.54, 1.807) is 0 Å². The summed E-state index contributed by atoms with van der Waals surface area (Å²) in [5.41, 5.74) is 8.54. The summed E-state index contributed by atoms with van der Waals surface area (Å²) in [6.45, 7) is 7.56. The highest BCUT2D eigenvalue weighted by Gasteiger charge is 2.15. The summed E-state index contributed by atoms with van der Waals surface area (Å²) in [7, 11) is 0. The van der Waals surface area contributed by atoms with Crippen molar-refractivity contribution in [2.45, 2.75) is 52.4 Å². The van der Waals surface area contributed by atoms with Crippen LogP contribution in [0.1, 0.15) is 50.2 Å². The Morgan fingerprint density at radius 1 is 1.05 bits per heavy atom. The first-order valence-corrected chi connectivity index (χ1v) is 7.61. The largest absolute Gasteiger partial charge is 0.383 e. The molecule has 2 rings (SSSR count). The van der Waals surface area contributed by atoms with Crippen LogP contribution in [0.15, 0.2) is 0 Å². The van der Waals surface area contributed by atoms with Gasteiger partial charge in [-0.05, 0) is 38.8 Å². The van der Waals surface area contributed by atoms with Gasteiger partial charge in [-0.25, -0.2) is 9.97 Å². The van der Waals surface area contributed by atoms with Crippen molar-refractivity contribution in [2.75, 3.05) is 25.4 Å². The summed E-state index contributed by atoms with van der Waals surface area (Å²) in [5, 5.41) is 0. The third-order valence-corrected chi connectivity index (χ3v) is 4.06. The average Bonchev–Trinajstić information content (AvgIpc) is 2.65. The van der Waals surface area contributed by atoms with Gasteiger partial charge in [-0.1, -0.05) is 20.3 Å². The molecule has 1 aliphatic rings. The van der Waals surface area contributed by atoms with E-state index in [0.717, 1.165) is 50.5 Å². The standard InChI is InChI=1S/C15H26N4/c1-3-19(4-2)11-10-14-17-13-9-7-5-6-8-12(13)15(16)18-14/h3-11H2,1-2H3,(H2,16,17,18). The fourth-order valence-corrected chi connectivity index (χ4v) is 2.76. The quantitative estimate of drug-likeness (QED) is 0.827. The molecule has 2 N–H and O–H groups in total. The van der Waals surface area contributed by atoms with Crippen LogP contribution in [-0.2, 0) is 19.3 Å². The van der Waals surface area contributed by atoms with Crippen molar-refractivity contribution >= 4 is 5.82 Å². The number of fused-ring (bicyclic) bond motifs is 1. The third kappa shape index (κ3) is 3.66. The Morgan fingerprint density at radius 3 is 2.53 bits per heavy atom. The molecule has 4 nitrogen and oxygen atoms in total. The summed E-state index contributed by atoms with van der Waals surface area (Å²) < 4.78 is 0. The van der Waals surface area contributed by atoms with Gasteiger partial charge < -0.3 is 10.6 Å². The van der Waals surface area contributed by atoms with Crippen LogP contribution >= 0.6 is 0 Å². The van der Waals surface area contributed by atoms with Gasteiger partial charge in [0.2, 0.25) is 0 Å². The first-order chi connectivity index (χ1) is 9.24. The summed E-state index contributed by atoms with van der Waals surface area (Å²) in [4.78, 5) is 11.7. The average molecular weight is 262 g/mol. The number of hydrogen-bond acceptors (Lipinski definition) is 4. The highest BCUT2D eigenvalue weighted by molar-refractivity contribution is 5.43. The maximum absolute atomic E-state index is 6.12. The molecule has 0 saturated carbocycles. The Bertz CT molecular complexity index is 413. The zero-order valence-electron chi connectivity index (χ0n) is 12.3. The minimum atomic E-state index is 0.724. The smallest absolute Gasteiger partial charge is 0.132 e. The van der Waals surface area contributed by atoms with Gasteiger partial charge in [0.05, 0.1) is 0 Å². The Labute approximate surface area is 116 Å². The molecule has 0 saturated heterocycles. The Kier molecular flexibility index (Phi) is 5.14. The number of nitrogen functional groups attached to an aromatic ring is 1. The van der Waals surface area contributed by atoms with Crippen LogP contribution in [0, 0.1) is 0 Å². The molecule has 1 heterocycles. The van der Waals surface area contributed by atoms with Gasteiger partial charge in [0.15, 0.2) is 0 Å². The number of hydrogen-bond donors (Lipinski definition) is 1. The lowest BCUT2D eigenvalue weighted by Gasteiger charge is -2.18. The van der Waals surface area contributed by atoms with Crippen LogP contribution in [0.4, 0.5) is 5.82 Å². The maximum atomic E-state index is 6.12. The Balaban J connectivity index is 2.10. The molecule has 0 bridgehead atoms. The van der Waals surface area contributed by atoms with Crippen molar-refractivity contribution in [2.24, 2.45) is 0 Å². The van der Waals surface area contributed by atoms with E-state index in [1.807, 2.05) is 0 Å². The number of anilines is 1. The predicted molar refractivity (Wildman–Crippen MR) is 79.2 cm³/mol. The minimum Gasteiger partial charge on any atom is -0.383 e. The topological polar surface area (TPSA) is 55.0 Å². The SMILES string of the molecule is CCN(CC)CCc1nc(N)c2c(n1)CCCCC2. The Hall–Kier alpha value is -1.16. The van der Waals surface area contributed by atoms with Crippen molar-refractivity contribution in [1.82, 2.24) is 14.9 Å². The molecule has 1 aliphatic carbocycles. The molecule has 0 radical (unpaired) electrons. The number of aromatic nitrogens is 2. The van der Waals surface area contributed by atoms with Gasteiger partial charge in [-0.15, -0.1) is 0 Å². The van der Waals surface area contributed by atoms with Gasteiger partial charge in [0.25, 0.3) is 0 Å². The van der Waals surface area contributed by atoms with E-state index in [2.05, 4.69) is 23.7 Å². The molecule has 0 spiro atoms. The molecule has 1 aromatic heterocycles. The summed E-state index contributed by atoms with van der Waals surface area (Å²) >= 11 is 0. The monoisotopic (exact) mass is 262 g/mol. The predicted octanol–water partition coefficient (Wildman–Crippen LogP) is 2.21. The normalized spacial score (nSPS) is 15.3. The third-order valence-electron chi connectivity index (χ3n) is 4.06. The first kappa shape index (κ1) is 14.3. The second kappa shape index (κ2) is 6.85. The second-order valence-corrected chi connectivity index (χ2v) is 5.29. The number of likely N-dealkylation sites (N-methyl/N-ethyl adjacent to an activating group) is 1. The van der Waals surface area contributed by atoms with Crippen molar-refractivity contribution in [1.29, 1.82) is 0 Å². The van der Waals surface area contributed by atoms with Crippen LogP contribution in [0.2, 0.25) is 0 Å². The fourth-order valence-electron chi connectivity index (χ4n) is 2.76. The molecule has 0 aromatic carbocycles. The van der Waals surface area contributed by atoms with Gasteiger partial charge >= 0.3 is 0 Å². The number of nitrogens with two attached hydrogens (primary N) is 1. The zero-order chi connectivity index (χ0) is 13.7. The van der Waals surface area contributed by atoms with E-state index in [-0.39, 0.29) is 0 Å². The van der Waals surface area contributed by atoms with Gasteiger partial charge in [0.1, 0.15) is 11.6 Å². The van der Waals surface area contributed by atoms with Crippen molar-refractivity contribution in [3.05, 3.63) is 17.1 Å². The zero-order valence-corrected chi connectivity index (χ0v) is 12.3. The van der Waals surface area contributed by atoms with Gasteiger partial charge in [-0.2, -0.15) is 0 Å². The van der Waals surface area contributed by atoms with Crippen molar-refractivity contribution in [3.63, 3.8) is 0 Å². The number of rotatable bonds is 5. The van der Waals surface area contributed by atoms with Gasteiger partial charge in [0, 0.05) is 24.2 Å². The van der Waals surface area contributed by atoms with Crippen LogP contribution in [0.5, 0.6) is 0 Å². The molecule has 1 aromatic rings. The Morgan fingerprint density at radius 2 is 1.79 bits per heavy atom. The molecule has 0 fully saturated rings. The lowest BCUT2D eigenvalue weighted by Crippen LogP contribution is -2.26. The van der Waals surface area contributed by atoms with E-state index in [9.17, 15) is 0 Å². The van der Waals surface area contributed by atoms with Crippen LogP contribution in [-0.4, -0.2) is 34.5 Å². The summed E-state index contributed by atoms with van der Waals surface area (Å²) in [6.07, 6.45) is 6.76. The van der Waals surface area contributed by atoms with E-state index in [0.29, 0.717) is 0 Å². The molecule has 0 atom stereocenters. The second-order valence-electron chi connectivity index (χ2n) is 5.29. The van der Waals surface area contributed by atoms with E-state index < -0.39 is 0 Å². The van der Waals surface area contributed by atoms with Gasteiger partial charge in [-0.3, -0.25) is 0 Å². The highest BCUT2D eigenvalue weighted by Crippen LogP contribution is 2.23. The molecule has 0 aliphatic heterocycles. The lowest BCUT2D eigenvalue weighted by atomic mass is 10.1. The molecule has 19 heavy (non-hydrogen) atoms. The van der Waals surface area contributed by atoms with Crippen molar-refractivity contribution < 1.29 is 0 Å². The molecular weight excluding hydrogens is 236 g/mol. The maximum Gasteiger partial charge on any atom is 0.132 e. The molecule has 0 amide bonds. The molecular formula is C15H26N4. The van der Waals surface area contributed by atoms with E-state index >= 15 is 0 Å².